The number of halogens is 1. The van der Waals surface area contributed by atoms with Gasteiger partial charge in [-0.1, -0.05) is 0 Å². The number of aromatic nitrogens is 2. The van der Waals surface area contributed by atoms with Crippen molar-refractivity contribution in [1.82, 2.24) is 15.1 Å². The summed E-state index contributed by atoms with van der Waals surface area (Å²) in [5.74, 6) is 3.83. The lowest BCUT2D eigenvalue weighted by Crippen LogP contribution is -2.32. The van der Waals surface area contributed by atoms with Gasteiger partial charge in [0.1, 0.15) is 17.4 Å². The molecule has 7 heteroatoms. The molecule has 2 saturated heterocycles. The van der Waals surface area contributed by atoms with Crippen LogP contribution in [0.2, 0.25) is 0 Å². The summed E-state index contributed by atoms with van der Waals surface area (Å²) in [7, 11) is 0. The van der Waals surface area contributed by atoms with E-state index in [9.17, 15) is 4.39 Å². The molecule has 30 heavy (non-hydrogen) atoms. The van der Waals surface area contributed by atoms with Crippen LogP contribution in [0.25, 0.3) is 0 Å². The third-order valence-corrected chi connectivity index (χ3v) is 6.71. The zero-order valence-electron chi connectivity index (χ0n) is 17.2. The molecule has 3 aliphatic rings. The van der Waals surface area contributed by atoms with Gasteiger partial charge in [-0.05, 0) is 73.8 Å². The standard InChI is InChI=1S/C23H29FN4O2/c24-19-1-3-21(4-2-19)30-23-6-5-22(26-27-23)25-20-11-17-14-28(15-18(17)12-20)13-16-7-9-29-10-8-16/h1-6,16-18,20H,7-15H2,(H,25,26)/t17-,18?,20?/m1/s1. The van der Waals surface area contributed by atoms with E-state index in [1.807, 2.05) is 6.07 Å². The normalized spacial score (nSPS) is 27.2. The molecule has 5 rings (SSSR count). The molecule has 2 unspecified atom stereocenters. The van der Waals surface area contributed by atoms with Crippen LogP contribution in [-0.4, -0.2) is 54.0 Å². The zero-order chi connectivity index (χ0) is 20.3. The molecule has 0 amide bonds. The van der Waals surface area contributed by atoms with E-state index < -0.39 is 0 Å². The Morgan fingerprint density at radius 3 is 2.40 bits per heavy atom. The third kappa shape index (κ3) is 4.73. The number of benzene rings is 1. The molecule has 1 N–H and O–H groups in total. The topological polar surface area (TPSA) is 59.5 Å². The summed E-state index contributed by atoms with van der Waals surface area (Å²) in [4.78, 5) is 2.68. The SMILES string of the molecule is Fc1ccc(Oc2ccc(NC3CC4CN(CC5CCOCC5)C[C@H]4C3)nn2)cc1. The minimum atomic E-state index is -0.291. The molecular weight excluding hydrogens is 383 g/mol. The van der Waals surface area contributed by atoms with Crippen molar-refractivity contribution in [1.29, 1.82) is 0 Å². The lowest BCUT2D eigenvalue weighted by molar-refractivity contribution is 0.0545. The van der Waals surface area contributed by atoms with E-state index in [2.05, 4.69) is 20.4 Å². The monoisotopic (exact) mass is 412 g/mol. The third-order valence-electron chi connectivity index (χ3n) is 6.71. The molecule has 3 fully saturated rings. The Labute approximate surface area is 176 Å². The van der Waals surface area contributed by atoms with Gasteiger partial charge in [0.05, 0.1) is 0 Å². The highest BCUT2D eigenvalue weighted by Gasteiger charge is 2.41. The van der Waals surface area contributed by atoms with Gasteiger partial charge in [0, 0.05) is 45.0 Å². The summed E-state index contributed by atoms with van der Waals surface area (Å²) in [5, 5.41) is 12.0. The highest BCUT2D eigenvalue weighted by molar-refractivity contribution is 5.37. The number of likely N-dealkylation sites (tertiary alicyclic amines) is 1. The first-order chi connectivity index (χ1) is 14.7. The lowest BCUT2D eigenvalue weighted by Gasteiger charge is -2.27. The first-order valence-corrected chi connectivity index (χ1v) is 11.0. The van der Waals surface area contributed by atoms with Crippen LogP contribution in [0.5, 0.6) is 11.6 Å². The smallest absolute Gasteiger partial charge is 0.238 e. The minimum Gasteiger partial charge on any atom is -0.438 e. The fourth-order valence-electron chi connectivity index (χ4n) is 5.24. The van der Waals surface area contributed by atoms with Crippen molar-refractivity contribution in [3.05, 3.63) is 42.2 Å². The quantitative estimate of drug-likeness (QED) is 0.775. The van der Waals surface area contributed by atoms with Crippen LogP contribution in [0.3, 0.4) is 0 Å². The predicted molar refractivity (Wildman–Crippen MR) is 112 cm³/mol. The van der Waals surface area contributed by atoms with Gasteiger partial charge in [-0.2, -0.15) is 0 Å². The number of fused-ring (bicyclic) bond motifs is 1. The number of ether oxygens (including phenoxy) is 2. The maximum absolute atomic E-state index is 13.0. The molecule has 0 radical (unpaired) electrons. The van der Waals surface area contributed by atoms with Crippen molar-refractivity contribution in [2.75, 3.05) is 38.2 Å². The molecule has 0 bridgehead atoms. The Hall–Kier alpha value is -2.25. The summed E-state index contributed by atoms with van der Waals surface area (Å²) in [6, 6.07) is 10.0. The van der Waals surface area contributed by atoms with E-state index in [0.29, 0.717) is 17.7 Å². The number of anilines is 1. The fraction of sp³-hybridized carbons (Fsp3) is 0.565. The van der Waals surface area contributed by atoms with Crippen LogP contribution in [-0.2, 0) is 4.74 Å². The van der Waals surface area contributed by atoms with E-state index in [-0.39, 0.29) is 5.82 Å². The van der Waals surface area contributed by atoms with E-state index in [1.165, 1.54) is 57.5 Å². The van der Waals surface area contributed by atoms with Crippen molar-refractivity contribution in [2.45, 2.75) is 31.7 Å². The number of nitrogens with zero attached hydrogens (tertiary/aromatic N) is 3. The fourth-order valence-corrected chi connectivity index (χ4v) is 5.24. The molecule has 1 saturated carbocycles. The summed E-state index contributed by atoms with van der Waals surface area (Å²) in [5.41, 5.74) is 0. The molecule has 3 heterocycles. The van der Waals surface area contributed by atoms with Gasteiger partial charge in [0.15, 0.2) is 0 Å². The van der Waals surface area contributed by atoms with Crippen molar-refractivity contribution in [3.63, 3.8) is 0 Å². The highest BCUT2D eigenvalue weighted by Crippen LogP contribution is 2.39. The van der Waals surface area contributed by atoms with Crippen molar-refractivity contribution in [2.24, 2.45) is 17.8 Å². The number of rotatable bonds is 6. The molecule has 1 aliphatic carbocycles. The second-order valence-corrected chi connectivity index (χ2v) is 8.92. The van der Waals surface area contributed by atoms with Crippen LogP contribution in [0.15, 0.2) is 36.4 Å². The lowest BCUT2D eigenvalue weighted by atomic mass is 10.00. The predicted octanol–water partition coefficient (Wildman–Crippen LogP) is 3.96. The number of hydrogen-bond donors (Lipinski definition) is 1. The van der Waals surface area contributed by atoms with Gasteiger partial charge in [-0.25, -0.2) is 4.39 Å². The number of nitrogens with one attached hydrogen (secondary N) is 1. The maximum atomic E-state index is 13.0. The summed E-state index contributed by atoms with van der Waals surface area (Å²) < 4.78 is 24.1. The van der Waals surface area contributed by atoms with Crippen molar-refractivity contribution >= 4 is 5.82 Å². The average Bonchev–Trinajstić information content (AvgIpc) is 3.30. The van der Waals surface area contributed by atoms with Gasteiger partial charge in [0.2, 0.25) is 5.88 Å². The van der Waals surface area contributed by atoms with Crippen LogP contribution in [0, 0.1) is 23.6 Å². The minimum absolute atomic E-state index is 0.291. The summed E-state index contributed by atoms with van der Waals surface area (Å²) in [6.45, 7) is 5.58. The van der Waals surface area contributed by atoms with E-state index in [4.69, 9.17) is 9.47 Å². The van der Waals surface area contributed by atoms with Crippen LogP contribution < -0.4 is 10.1 Å². The van der Waals surface area contributed by atoms with Crippen LogP contribution in [0.1, 0.15) is 25.7 Å². The highest BCUT2D eigenvalue weighted by atomic mass is 19.1. The van der Waals surface area contributed by atoms with Gasteiger partial charge < -0.3 is 19.7 Å². The molecular formula is C23H29FN4O2. The molecule has 3 atom stereocenters. The van der Waals surface area contributed by atoms with Gasteiger partial charge in [-0.15, -0.1) is 10.2 Å². The second-order valence-electron chi connectivity index (χ2n) is 8.92. The van der Waals surface area contributed by atoms with Gasteiger partial charge in [0.25, 0.3) is 0 Å². The Kier molecular flexibility index (Phi) is 5.82. The maximum Gasteiger partial charge on any atom is 0.238 e. The Morgan fingerprint density at radius 1 is 1.00 bits per heavy atom. The molecule has 1 aromatic carbocycles. The van der Waals surface area contributed by atoms with Crippen LogP contribution >= 0.6 is 0 Å². The summed E-state index contributed by atoms with van der Waals surface area (Å²) >= 11 is 0. The molecule has 2 aromatic rings. The largest absolute Gasteiger partial charge is 0.438 e. The Balaban J connectivity index is 1.09. The summed E-state index contributed by atoms with van der Waals surface area (Å²) in [6.07, 6.45) is 4.83. The molecule has 0 spiro atoms. The second kappa shape index (κ2) is 8.86. The zero-order valence-corrected chi connectivity index (χ0v) is 17.2. The molecule has 160 valence electrons. The van der Waals surface area contributed by atoms with E-state index >= 15 is 0 Å². The average molecular weight is 413 g/mol. The van der Waals surface area contributed by atoms with Crippen LogP contribution in [0.4, 0.5) is 10.2 Å². The van der Waals surface area contributed by atoms with Gasteiger partial charge in [-0.3, -0.25) is 0 Å². The van der Waals surface area contributed by atoms with E-state index in [0.717, 1.165) is 36.8 Å². The number of hydrogen-bond acceptors (Lipinski definition) is 6. The Bertz CT molecular complexity index is 812. The van der Waals surface area contributed by atoms with Crippen molar-refractivity contribution in [3.8, 4) is 11.6 Å². The molecule has 1 aromatic heterocycles. The first kappa shape index (κ1) is 19.7. The first-order valence-electron chi connectivity index (χ1n) is 11.0. The van der Waals surface area contributed by atoms with Crippen molar-refractivity contribution < 1.29 is 13.9 Å². The molecule has 6 nitrogen and oxygen atoms in total. The van der Waals surface area contributed by atoms with Gasteiger partial charge >= 0.3 is 0 Å². The Morgan fingerprint density at radius 2 is 1.73 bits per heavy atom. The van der Waals surface area contributed by atoms with E-state index in [1.54, 1.807) is 18.2 Å². The molecule has 2 aliphatic heterocycles.